The fourth-order valence-corrected chi connectivity index (χ4v) is 2.54. The third kappa shape index (κ3) is 4.59. The van der Waals surface area contributed by atoms with Gasteiger partial charge in [-0.15, -0.1) is 0 Å². The molecule has 1 atom stereocenters. The van der Waals surface area contributed by atoms with Crippen molar-refractivity contribution < 1.29 is 9.53 Å². The van der Waals surface area contributed by atoms with Crippen molar-refractivity contribution in [1.82, 2.24) is 5.32 Å². The Bertz CT molecular complexity index is 675. The number of ether oxygens (including phenoxy) is 1. The standard InChI is InChI=1S/C20H25NO2/c1-13(2)23-18-10-8-17(9-11-18)20(22)21-16(5)19-12-14(3)6-7-15(19)4/h6-13,16H,1-5H3,(H,21,22)/t16-/m1/s1. The lowest BCUT2D eigenvalue weighted by Gasteiger charge is -2.17. The van der Waals surface area contributed by atoms with Crippen molar-refractivity contribution in [3.63, 3.8) is 0 Å². The SMILES string of the molecule is Cc1ccc(C)c([C@@H](C)NC(=O)c2ccc(OC(C)C)cc2)c1. The van der Waals surface area contributed by atoms with Crippen LogP contribution in [0.3, 0.4) is 0 Å². The maximum Gasteiger partial charge on any atom is 0.251 e. The zero-order chi connectivity index (χ0) is 17.0. The molecule has 0 aliphatic heterocycles. The second-order valence-corrected chi connectivity index (χ2v) is 6.25. The summed E-state index contributed by atoms with van der Waals surface area (Å²) in [5.41, 5.74) is 4.17. The Labute approximate surface area is 138 Å². The van der Waals surface area contributed by atoms with Crippen LogP contribution in [0.4, 0.5) is 0 Å². The summed E-state index contributed by atoms with van der Waals surface area (Å²) in [4.78, 5) is 12.4. The van der Waals surface area contributed by atoms with Crippen molar-refractivity contribution in [2.24, 2.45) is 0 Å². The Morgan fingerprint density at radius 2 is 1.65 bits per heavy atom. The average Bonchev–Trinajstić information content (AvgIpc) is 2.49. The summed E-state index contributed by atoms with van der Waals surface area (Å²) in [6.07, 6.45) is 0.124. The molecule has 1 amide bonds. The highest BCUT2D eigenvalue weighted by atomic mass is 16.5. The lowest BCUT2D eigenvalue weighted by atomic mass is 10.00. The van der Waals surface area contributed by atoms with Gasteiger partial charge in [-0.2, -0.15) is 0 Å². The molecule has 0 unspecified atom stereocenters. The molecule has 2 rings (SSSR count). The van der Waals surface area contributed by atoms with Crippen LogP contribution in [0.5, 0.6) is 5.75 Å². The molecule has 0 heterocycles. The number of hydrogen-bond donors (Lipinski definition) is 1. The monoisotopic (exact) mass is 311 g/mol. The van der Waals surface area contributed by atoms with E-state index in [0.717, 1.165) is 11.3 Å². The van der Waals surface area contributed by atoms with Crippen LogP contribution in [0.1, 0.15) is 53.9 Å². The first-order chi connectivity index (χ1) is 10.9. The molecule has 0 saturated carbocycles. The molecule has 0 aliphatic carbocycles. The molecule has 0 spiro atoms. The van der Waals surface area contributed by atoms with Gasteiger partial charge in [0.2, 0.25) is 0 Å². The van der Waals surface area contributed by atoms with Crippen LogP contribution in [0, 0.1) is 13.8 Å². The molecule has 0 fully saturated rings. The van der Waals surface area contributed by atoms with Crippen LogP contribution in [0.15, 0.2) is 42.5 Å². The van der Waals surface area contributed by atoms with Crippen molar-refractivity contribution in [3.8, 4) is 5.75 Å². The normalized spacial score (nSPS) is 12.1. The number of aryl methyl sites for hydroxylation is 2. The van der Waals surface area contributed by atoms with E-state index in [1.54, 1.807) is 12.1 Å². The number of rotatable bonds is 5. The van der Waals surface area contributed by atoms with Crippen LogP contribution in [0.25, 0.3) is 0 Å². The fraction of sp³-hybridized carbons (Fsp3) is 0.350. The molecule has 122 valence electrons. The first kappa shape index (κ1) is 17.1. The van der Waals surface area contributed by atoms with E-state index in [9.17, 15) is 4.79 Å². The molecule has 3 nitrogen and oxygen atoms in total. The topological polar surface area (TPSA) is 38.3 Å². The smallest absolute Gasteiger partial charge is 0.251 e. The van der Waals surface area contributed by atoms with Gasteiger partial charge in [0.15, 0.2) is 0 Å². The Kier molecular flexibility index (Phi) is 5.43. The maximum atomic E-state index is 12.4. The van der Waals surface area contributed by atoms with Crippen LogP contribution in [0.2, 0.25) is 0 Å². The van der Waals surface area contributed by atoms with Gasteiger partial charge in [-0.1, -0.05) is 23.8 Å². The summed E-state index contributed by atoms with van der Waals surface area (Å²) in [7, 11) is 0. The number of carbonyl (C=O) groups is 1. The van der Waals surface area contributed by atoms with E-state index in [-0.39, 0.29) is 18.1 Å². The Hall–Kier alpha value is -2.29. The van der Waals surface area contributed by atoms with E-state index in [1.807, 2.05) is 32.9 Å². The summed E-state index contributed by atoms with van der Waals surface area (Å²) in [6, 6.07) is 13.5. The molecule has 2 aromatic rings. The summed E-state index contributed by atoms with van der Waals surface area (Å²) < 4.78 is 5.60. The molecule has 3 heteroatoms. The molecular weight excluding hydrogens is 286 g/mol. The Balaban J connectivity index is 2.07. The molecule has 0 aliphatic rings. The van der Waals surface area contributed by atoms with Crippen molar-refractivity contribution in [1.29, 1.82) is 0 Å². The van der Waals surface area contributed by atoms with Crippen molar-refractivity contribution in [2.45, 2.75) is 46.8 Å². The third-order valence-electron chi connectivity index (χ3n) is 3.74. The first-order valence-electron chi connectivity index (χ1n) is 8.01. The van der Waals surface area contributed by atoms with Crippen molar-refractivity contribution >= 4 is 5.91 Å². The highest BCUT2D eigenvalue weighted by Gasteiger charge is 2.13. The zero-order valence-electron chi connectivity index (χ0n) is 14.5. The van der Waals surface area contributed by atoms with Gasteiger partial charge in [0.1, 0.15) is 5.75 Å². The van der Waals surface area contributed by atoms with Crippen LogP contribution in [-0.2, 0) is 0 Å². The second-order valence-electron chi connectivity index (χ2n) is 6.25. The highest BCUT2D eigenvalue weighted by molar-refractivity contribution is 5.94. The van der Waals surface area contributed by atoms with Gasteiger partial charge < -0.3 is 10.1 Å². The van der Waals surface area contributed by atoms with Crippen LogP contribution >= 0.6 is 0 Å². The summed E-state index contributed by atoms with van der Waals surface area (Å²) in [5, 5.41) is 3.06. The third-order valence-corrected chi connectivity index (χ3v) is 3.74. The maximum absolute atomic E-state index is 12.4. The summed E-state index contributed by atoms with van der Waals surface area (Å²) in [5.74, 6) is 0.702. The van der Waals surface area contributed by atoms with Crippen molar-refractivity contribution in [2.75, 3.05) is 0 Å². The van der Waals surface area contributed by atoms with Gasteiger partial charge in [-0.3, -0.25) is 4.79 Å². The molecule has 0 bridgehead atoms. The zero-order valence-corrected chi connectivity index (χ0v) is 14.5. The minimum atomic E-state index is -0.0745. The van der Waals surface area contributed by atoms with Gasteiger partial charge in [0.05, 0.1) is 12.1 Å². The quantitative estimate of drug-likeness (QED) is 0.877. The molecule has 0 aromatic heterocycles. The lowest BCUT2D eigenvalue weighted by Crippen LogP contribution is -2.27. The van der Waals surface area contributed by atoms with E-state index in [4.69, 9.17) is 4.74 Å². The minimum absolute atomic E-state index is 0.0333. The highest BCUT2D eigenvalue weighted by Crippen LogP contribution is 2.20. The fourth-order valence-electron chi connectivity index (χ4n) is 2.54. The molecular formula is C20H25NO2. The first-order valence-corrected chi connectivity index (χ1v) is 8.01. The van der Waals surface area contributed by atoms with Gasteiger partial charge in [-0.25, -0.2) is 0 Å². The predicted octanol–water partition coefficient (Wildman–Crippen LogP) is 4.58. The average molecular weight is 311 g/mol. The van der Waals surface area contributed by atoms with Gasteiger partial charge in [-0.05, 0) is 70.0 Å². The van der Waals surface area contributed by atoms with Gasteiger partial charge >= 0.3 is 0 Å². The number of nitrogens with one attached hydrogen (secondary N) is 1. The lowest BCUT2D eigenvalue weighted by molar-refractivity contribution is 0.0940. The molecule has 0 radical (unpaired) electrons. The Morgan fingerprint density at radius 3 is 2.26 bits per heavy atom. The summed E-state index contributed by atoms with van der Waals surface area (Å²) in [6.45, 7) is 10.1. The van der Waals surface area contributed by atoms with E-state index in [1.165, 1.54) is 11.1 Å². The largest absolute Gasteiger partial charge is 0.491 e. The number of amides is 1. The Morgan fingerprint density at radius 1 is 1.00 bits per heavy atom. The van der Waals surface area contributed by atoms with E-state index in [2.05, 4.69) is 37.4 Å². The molecule has 1 N–H and O–H groups in total. The molecule has 2 aromatic carbocycles. The minimum Gasteiger partial charge on any atom is -0.491 e. The molecule has 0 saturated heterocycles. The van der Waals surface area contributed by atoms with Crippen LogP contribution in [-0.4, -0.2) is 12.0 Å². The van der Waals surface area contributed by atoms with Crippen LogP contribution < -0.4 is 10.1 Å². The second kappa shape index (κ2) is 7.32. The van der Waals surface area contributed by atoms with E-state index >= 15 is 0 Å². The van der Waals surface area contributed by atoms with Gasteiger partial charge in [0, 0.05) is 5.56 Å². The van der Waals surface area contributed by atoms with Gasteiger partial charge in [0.25, 0.3) is 5.91 Å². The number of carbonyl (C=O) groups excluding carboxylic acids is 1. The van der Waals surface area contributed by atoms with Crippen molar-refractivity contribution in [3.05, 3.63) is 64.7 Å². The number of hydrogen-bond acceptors (Lipinski definition) is 2. The van der Waals surface area contributed by atoms with E-state index in [0.29, 0.717) is 5.56 Å². The molecule has 23 heavy (non-hydrogen) atoms. The van der Waals surface area contributed by atoms with E-state index < -0.39 is 0 Å². The summed E-state index contributed by atoms with van der Waals surface area (Å²) >= 11 is 0. The predicted molar refractivity (Wildman–Crippen MR) is 94.0 cm³/mol. The number of benzene rings is 2.